The average molecular weight is 256 g/mol. The summed E-state index contributed by atoms with van der Waals surface area (Å²) >= 11 is 0. The van der Waals surface area contributed by atoms with Gasteiger partial charge in [-0.15, -0.1) is 0 Å². The molecule has 2 amide bonds. The first-order valence-corrected chi connectivity index (χ1v) is 6.60. The second-order valence-corrected chi connectivity index (χ2v) is 5.61. The number of urea groups is 1. The van der Waals surface area contributed by atoms with Gasteiger partial charge < -0.3 is 15.3 Å². The molecular formula is C13H24N2O3. The van der Waals surface area contributed by atoms with Crippen LogP contribution in [-0.2, 0) is 4.79 Å². The first kappa shape index (κ1) is 14.8. The van der Waals surface area contributed by atoms with Gasteiger partial charge in [0.15, 0.2) is 0 Å². The van der Waals surface area contributed by atoms with E-state index in [9.17, 15) is 9.59 Å². The Labute approximate surface area is 109 Å². The van der Waals surface area contributed by atoms with E-state index in [-0.39, 0.29) is 6.03 Å². The molecule has 0 radical (unpaired) electrons. The number of rotatable bonds is 4. The third-order valence-corrected chi connectivity index (χ3v) is 3.93. The summed E-state index contributed by atoms with van der Waals surface area (Å²) in [6.45, 7) is 3.70. The van der Waals surface area contributed by atoms with Crippen LogP contribution in [0.2, 0.25) is 0 Å². The molecular weight excluding hydrogens is 232 g/mol. The van der Waals surface area contributed by atoms with Crippen LogP contribution in [0, 0.1) is 5.92 Å². The molecule has 1 aliphatic carbocycles. The smallest absolute Gasteiger partial charge is 0.329 e. The van der Waals surface area contributed by atoms with Crippen LogP contribution in [0.1, 0.15) is 46.0 Å². The lowest BCUT2D eigenvalue weighted by molar-refractivity contribution is -0.146. The second kappa shape index (κ2) is 6.07. The fourth-order valence-corrected chi connectivity index (χ4v) is 2.14. The summed E-state index contributed by atoms with van der Waals surface area (Å²) in [5, 5.41) is 11.9. The van der Waals surface area contributed by atoms with Gasteiger partial charge in [0.05, 0.1) is 0 Å². The number of amides is 2. The Hall–Kier alpha value is -1.26. The van der Waals surface area contributed by atoms with E-state index in [1.54, 1.807) is 0 Å². The summed E-state index contributed by atoms with van der Waals surface area (Å²) in [4.78, 5) is 24.2. The first-order chi connectivity index (χ1) is 8.35. The van der Waals surface area contributed by atoms with E-state index < -0.39 is 11.5 Å². The Kier molecular flexibility index (Phi) is 4.99. The lowest BCUT2D eigenvalue weighted by Crippen LogP contribution is -2.54. The summed E-state index contributed by atoms with van der Waals surface area (Å²) in [5.41, 5.74) is -1.18. The van der Waals surface area contributed by atoms with Crippen molar-refractivity contribution in [2.45, 2.75) is 51.5 Å². The Bertz CT molecular complexity index is 309. The maximum Gasteiger partial charge on any atom is 0.329 e. The maximum atomic E-state index is 11.9. The molecule has 1 saturated carbocycles. The fourth-order valence-electron chi connectivity index (χ4n) is 2.14. The molecule has 0 heterocycles. The quantitative estimate of drug-likeness (QED) is 0.809. The van der Waals surface area contributed by atoms with Crippen LogP contribution in [0.4, 0.5) is 4.79 Å². The third kappa shape index (κ3) is 3.62. The molecule has 0 saturated heterocycles. The van der Waals surface area contributed by atoms with Gasteiger partial charge in [0.25, 0.3) is 0 Å². The molecule has 5 heteroatoms. The number of aliphatic carboxylic acids is 1. The summed E-state index contributed by atoms with van der Waals surface area (Å²) in [7, 11) is 1.52. The minimum Gasteiger partial charge on any atom is -0.480 e. The fraction of sp³-hybridized carbons (Fsp3) is 0.846. The summed E-state index contributed by atoms with van der Waals surface area (Å²) in [6, 6.07) is -0.312. The summed E-state index contributed by atoms with van der Waals surface area (Å²) < 4.78 is 0. The van der Waals surface area contributed by atoms with Crippen molar-refractivity contribution in [2.24, 2.45) is 5.92 Å². The highest BCUT2D eigenvalue weighted by atomic mass is 16.4. The van der Waals surface area contributed by atoms with Crippen LogP contribution in [-0.4, -0.2) is 41.1 Å². The highest BCUT2D eigenvalue weighted by Crippen LogP contribution is 2.23. The molecule has 5 nitrogen and oxygen atoms in total. The van der Waals surface area contributed by atoms with Gasteiger partial charge in [-0.1, -0.05) is 19.3 Å². The van der Waals surface area contributed by atoms with E-state index in [2.05, 4.69) is 5.32 Å². The zero-order valence-electron chi connectivity index (χ0n) is 11.5. The van der Waals surface area contributed by atoms with Crippen molar-refractivity contribution in [3.63, 3.8) is 0 Å². The second-order valence-electron chi connectivity index (χ2n) is 5.61. The zero-order chi connectivity index (χ0) is 13.8. The average Bonchev–Trinajstić information content (AvgIpc) is 2.36. The van der Waals surface area contributed by atoms with Gasteiger partial charge in [-0.05, 0) is 32.6 Å². The molecule has 0 aromatic carbocycles. The van der Waals surface area contributed by atoms with Crippen molar-refractivity contribution in [1.29, 1.82) is 0 Å². The highest BCUT2D eigenvalue weighted by molar-refractivity contribution is 5.85. The molecule has 104 valence electrons. The molecule has 1 fully saturated rings. The first-order valence-electron chi connectivity index (χ1n) is 6.60. The van der Waals surface area contributed by atoms with Crippen LogP contribution in [0.5, 0.6) is 0 Å². The van der Waals surface area contributed by atoms with Gasteiger partial charge in [0.1, 0.15) is 5.54 Å². The third-order valence-electron chi connectivity index (χ3n) is 3.93. The van der Waals surface area contributed by atoms with Crippen molar-refractivity contribution >= 4 is 12.0 Å². The molecule has 1 aliphatic rings. The maximum absolute atomic E-state index is 11.9. The molecule has 0 atom stereocenters. The molecule has 0 bridgehead atoms. The number of carbonyl (C=O) groups is 2. The van der Waals surface area contributed by atoms with E-state index in [0.717, 1.165) is 12.8 Å². The van der Waals surface area contributed by atoms with E-state index in [0.29, 0.717) is 12.5 Å². The minimum atomic E-state index is -1.18. The molecule has 2 N–H and O–H groups in total. The van der Waals surface area contributed by atoms with Crippen molar-refractivity contribution < 1.29 is 14.7 Å². The van der Waals surface area contributed by atoms with Crippen LogP contribution >= 0.6 is 0 Å². The standard InChI is InChI=1S/C13H24N2O3/c1-13(2,11(16)17)15(3)12(18)14-9-10-7-5-4-6-8-10/h10H,4-9H2,1-3H3,(H,14,18)(H,16,17). The van der Waals surface area contributed by atoms with Gasteiger partial charge >= 0.3 is 12.0 Å². The normalized spacial score (nSPS) is 17.3. The largest absolute Gasteiger partial charge is 0.480 e. The van der Waals surface area contributed by atoms with E-state index >= 15 is 0 Å². The number of likely N-dealkylation sites (N-methyl/N-ethyl adjacent to an activating group) is 1. The van der Waals surface area contributed by atoms with Gasteiger partial charge in [0.2, 0.25) is 0 Å². The molecule has 1 rings (SSSR count). The number of nitrogens with one attached hydrogen (secondary N) is 1. The summed E-state index contributed by atoms with van der Waals surface area (Å²) in [6.07, 6.45) is 6.07. The zero-order valence-corrected chi connectivity index (χ0v) is 11.5. The van der Waals surface area contributed by atoms with Crippen molar-refractivity contribution in [3.8, 4) is 0 Å². The topological polar surface area (TPSA) is 69.6 Å². The Morgan fingerprint density at radius 3 is 2.33 bits per heavy atom. The lowest BCUT2D eigenvalue weighted by Gasteiger charge is -2.32. The van der Waals surface area contributed by atoms with Gasteiger partial charge in [-0.2, -0.15) is 0 Å². The molecule has 0 unspecified atom stereocenters. The minimum absolute atomic E-state index is 0.312. The molecule has 0 spiro atoms. The van der Waals surface area contributed by atoms with E-state index in [1.807, 2.05) is 0 Å². The highest BCUT2D eigenvalue weighted by Gasteiger charge is 2.35. The van der Waals surface area contributed by atoms with E-state index in [1.165, 1.54) is 45.1 Å². The van der Waals surface area contributed by atoms with Gasteiger partial charge in [-0.25, -0.2) is 9.59 Å². The molecule has 18 heavy (non-hydrogen) atoms. The van der Waals surface area contributed by atoms with Crippen molar-refractivity contribution in [3.05, 3.63) is 0 Å². The molecule has 0 aromatic heterocycles. The van der Waals surface area contributed by atoms with Crippen LogP contribution in [0.3, 0.4) is 0 Å². The Balaban J connectivity index is 2.42. The van der Waals surface area contributed by atoms with Gasteiger partial charge in [-0.3, -0.25) is 0 Å². The number of hydrogen-bond acceptors (Lipinski definition) is 2. The lowest BCUT2D eigenvalue weighted by atomic mass is 9.89. The van der Waals surface area contributed by atoms with Crippen molar-refractivity contribution in [2.75, 3.05) is 13.6 Å². The summed E-state index contributed by atoms with van der Waals surface area (Å²) in [5.74, 6) is -0.457. The predicted molar refractivity (Wildman–Crippen MR) is 69.5 cm³/mol. The number of carboxylic acid groups (broad SMARTS) is 1. The van der Waals surface area contributed by atoms with Crippen LogP contribution in [0.25, 0.3) is 0 Å². The Morgan fingerprint density at radius 1 is 1.28 bits per heavy atom. The molecule has 0 aliphatic heterocycles. The molecule has 0 aromatic rings. The monoisotopic (exact) mass is 256 g/mol. The SMILES string of the molecule is CN(C(=O)NCC1CCCCC1)C(C)(C)C(=O)O. The number of carbonyl (C=O) groups excluding carboxylic acids is 1. The Morgan fingerprint density at radius 2 is 1.83 bits per heavy atom. The predicted octanol–water partition coefficient (Wildman–Crippen LogP) is 2.07. The number of carboxylic acids is 1. The van der Waals surface area contributed by atoms with Gasteiger partial charge in [0, 0.05) is 13.6 Å². The van der Waals surface area contributed by atoms with E-state index in [4.69, 9.17) is 5.11 Å². The number of nitrogens with zero attached hydrogens (tertiary/aromatic N) is 1. The number of hydrogen-bond donors (Lipinski definition) is 2. The van der Waals surface area contributed by atoms with Crippen LogP contribution in [0.15, 0.2) is 0 Å². The van der Waals surface area contributed by atoms with Crippen molar-refractivity contribution in [1.82, 2.24) is 10.2 Å². The van der Waals surface area contributed by atoms with Crippen LogP contribution < -0.4 is 5.32 Å².